The number of nitrogens with one attached hydrogen (secondary N) is 2. The first-order valence-corrected chi connectivity index (χ1v) is 9.60. The summed E-state index contributed by atoms with van der Waals surface area (Å²) in [5, 5.41) is 3.31. The smallest absolute Gasteiger partial charge is 0.240 e. The molecule has 1 aromatic rings. The summed E-state index contributed by atoms with van der Waals surface area (Å²) in [5.41, 5.74) is 1.10. The molecule has 0 bridgehead atoms. The predicted octanol–water partition coefficient (Wildman–Crippen LogP) is 2.14. The maximum atomic E-state index is 12.3. The molecule has 20 heavy (non-hydrogen) atoms. The number of thioether (sulfide) groups is 1. The lowest BCUT2D eigenvalue weighted by atomic mass is 10.1. The molecule has 0 aromatic heterocycles. The van der Waals surface area contributed by atoms with E-state index in [9.17, 15) is 8.42 Å². The number of benzene rings is 1. The summed E-state index contributed by atoms with van der Waals surface area (Å²) < 4.78 is 27.3. The molecule has 1 aromatic carbocycles. The minimum atomic E-state index is -3.38. The highest BCUT2D eigenvalue weighted by Gasteiger charge is 2.23. The summed E-state index contributed by atoms with van der Waals surface area (Å²) in [6.45, 7) is 5.02. The average Bonchev–Trinajstić information content (AvgIpc) is 2.91. The minimum Gasteiger partial charge on any atom is -0.310 e. The van der Waals surface area contributed by atoms with Crippen molar-refractivity contribution in [1.29, 1.82) is 0 Å². The van der Waals surface area contributed by atoms with E-state index < -0.39 is 10.0 Å². The highest BCUT2D eigenvalue weighted by atomic mass is 32.2. The Bertz CT molecular complexity index is 523. The largest absolute Gasteiger partial charge is 0.310 e. The maximum Gasteiger partial charge on any atom is 0.240 e. The molecule has 1 aliphatic heterocycles. The van der Waals surface area contributed by atoms with Gasteiger partial charge in [-0.1, -0.05) is 19.1 Å². The molecule has 0 amide bonds. The SMILES string of the molecule is CCNC(C)c1ccc(S(=O)(=O)NC2CCSC2)cc1. The molecule has 2 N–H and O–H groups in total. The first kappa shape index (κ1) is 15.8. The number of hydrogen-bond donors (Lipinski definition) is 2. The Kier molecular flexibility index (Phi) is 5.49. The van der Waals surface area contributed by atoms with E-state index in [-0.39, 0.29) is 12.1 Å². The monoisotopic (exact) mass is 314 g/mol. The molecule has 1 fully saturated rings. The van der Waals surface area contributed by atoms with Crippen molar-refractivity contribution in [1.82, 2.24) is 10.0 Å². The van der Waals surface area contributed by atoms with E-state index in [1.807, 2.05) is 12.1 Å². The zero-order valence-electron chi connectivity index (χ0n) is 11.9. The molecule has 0 aliphatic carbocycles. The van der Waals surface area contributed by atoms with Gasteiger partial charge in [0.1, 0.15) is 0 Å². The fourth-order valence-electron chi connectivity index (χ4n) is 2.27. The van der Waals surface area contributed by atoms with Gasteiger partial charge in [0, 0.05) is 17.8 Å². The van der Waals surface area contributed by atoms with Crippen LogP contribution in [-0.4, -0.2) is 32.5 Å². The van der Waals surface area contributed by atoms with E-state index >= 15 is 0 Å². The van der Waals surface area contributed by atoms with Crippen molar-refractivity contribution in [3.63, 3.8) is 0 Å². The van der Waals surface area contributed by atoms with Crippen LogP contribution in [0.2, 0.25) is 0 Å². The van der Waals surface area contributed by atoms with Crippen LogP contribution in [0.5, 0.6) is 0 Å². The van der Waals surface area contributed by atoms with Gasteiger partial charge >= 0.3 is 0 Å². The third-order valence-corrected chi connectivity index (χ3v) is 6.15. The van der Waals surface area contributed by atoms with Crippen molar-refractivity contribution in [2.45, 2.75) is 37.2 Å². The summed E-state index contributed by atoms with van der Waals surface area (Å²) in [7, 11) is -3.38. The zero-order valence-corrected chi connectivity index (χ0v) is 13.6. The Labute approximate surface area is 125 Å². The molecule has 1 aliphatic rings. The summed E-state index contributed by atoms with van der Waals surface area (Å²) in [6.07, 6.45) is 0.916. The maximum absolute atomic E-state index is 12.3. The van der Waals surface area contributed by atoms with Gasteiger partial charge in [0.05, 0.1) is 4.90 Å². The molecular formula is C14H22N2O2S2. The van der Waals surface area contributed by atoms with Gasteiger partial charge < -0.3 is 5.32 Å². The summed E-state index contributed by atoms with van der Waals surface area (Å²) in [5.74, 6) is 1.90. The normalized spacial score (nSPS) is 21.0. The van der Waals surface area contributed by atoms with Crippen LogP contribution >= 0.6 is 11.8 Å². The van der Waals surface area contributed by atoms with E-state index in [1.165, 1.54) is 0 Å². The van der Waals surface area contributed by atoms with Gasteiger partial charge in [-0.2, -0.15) is 11.8 Å². The highest BCUT2D eigenvalue weighted by Crippen LogP contribution is 2.20. The second kappa shape index (κ2) is 6.93. The van der Waals surface area contributed by atoms with Crippen molar-refractivity contribution in [3.05, 3.63) is 29.8 Å². The molecule has 1 heterocycles. The quantitative estimate of drug-likeness (QED) is 0.844. The van der Waals surface area contributed by atoms with E-state index in [0.717, 1.165) is 30.0 Å². The van der Waals surface area contributed by atoms with Gasteiger partial charge in [-0.15, -0.1) is 0 Å². The van der Waals surface area contributed by atoms with E-state index in [2.05, 4.69) is 23.9 Å². The van der Waals surface area contributed by atoms with E-state index in [0.29, 0.717) is 4.90 Å². The zero-order chi connectivity index (χ0) is 14.6. The molecule has 112 valence electrons. The van der Waals surface area contributed by atoms with Gasteiger partial charge in [0.25, 0.3) is 0 Å². The Balaban J connectivity index is 2.08. The van der Waals surface area contributed by atoms with E-state index in [4.69, 9.17) is 0 Å². The van der Waals surface area contributed by atoms with Crippen molar-refractivity contribution in [3.8, 4) is 0 Å². The second-order valence-corrected chi connectivity index (χ2v) is 7.89. The molecule has 2 atom stereocenters. The first-order chi connectivity index (χ1) is 9.53. The van der Waals surface area contributed by atoms with Crippen molar-refractivity contribution >= 4 is 21.8 Å². The molecule has 0 saturated carbocycles. The Morgan fingerprint density at radius 3 is 2.60 bits per heavy atom. The molecule has 0 spiro atoms. The van der Waals surface area contributed by atoms with Crippen molar-refractivity contribution < 1.29 is 8.42 Å². The van der Waals surface area contributed by atoms with Crippen LogP contribution in [0.3, 0.4) is 0 Å². The fourth-order valence-corrected chi connectivity index (χ4v) is 4.80. The standard InChI is InChI=1S/C14H22N2O2S2/c1-3-15-11(2)12-4-6-14(7-5-12)20(17,18)16-13-8-9-19-10-13/h4-7,11,13,15-16H,3,8-10H2,1-2H3. The van der Waals surface area contributed by atoms with Gasteiger partial charge in [0.2, 0.25) is 10.0 Å². The predicted molar refractivity (Wildman–Crippen MR) is 84.6 cm³/mol. The topological polar surface area (TPSA) is 58.2 Å². The van der Waals surface area contributed by atoms with Gasteiger partial charge in [0.15, 0.2) is 0 Å². The molecule has 2 unspecified atom stereocenters. The molecular weight excluding hydrogens is 292 g/mol. The molecule has 2 rings (SSSR count). The lowest BCUT2D eigenvalue weighted by Crippen LogP contribution is -2.34. The number of sulfonamides is 1. The molecule has 0 radical (unpaired) electrons. The lowest BCUT2D eigenvalue weighted by molar-refractivity contribution is 0.562. The van der Waals surface area contributed by atoms with Gasteiger partial charge in [-0.05, 0) is 43.3 Å². The van der Waals surface area contributed by atoms with Crippen LogP contribution in [0.15, 0.2) is 29.2 Å². The third-order valence-electron chi connectivity index (χ3n) is 3.45. The van der Waals surface area contributed by atoms with Crippen LogP contribution < -0.4 is 10.0 Å². The van der Waals surface area contributed by atoms with Crippen LogP contribution in [-0.2, 0) is 10.0 Å². The summed E-state index contributed by atoms with van der Waals surface area (Å²) >= 11 is 1.79. The molecule has 6 heteroatoms. The van der Waals surface area contributed by atoms with Crippen LogP contribution in [0.25, 0.3) is 0 Å². The third kappa shape index (κ3) is 3.97. The van der Waals surface area contributed by atoms with Crippen molar-refractivity contribution in [2.75, 3.05) is 18.1 Å². The Hall–Kier alpha value is -0.560. The lowest BCUT2D eigenvalue weighted by Gasteiger charge is -2.15. The number of rotatable bonds is 6. The molecule has 1 saturated heterocycles. The van der Waals surface area contributed by atoms with Crippen molar-refractivity contribution in [2.24, 2.45) is 0 Å². The van der Waals surface area contributed by atoms with Crippen LogP contribution in [0.4, 0.5) is 0 Å². The van der Waals surface area contributed by atoms with Gasteiger partial charge in [-0.25, -0.2) is 13.1 Å². The summed E-state index contributed by atoms with van der Waals surface area (Å²) in [6, 6.07) is 7.44. The van der Waals surface area contributed by atoms with Crippen LogP contribution in [0, 0.1) is 0 Å². The fraction of sp³-hybridized carbons (Fsp3) is 0.571. The second-order valence-electron chi connectivity index (χ2n) is 5.03. The average molecular weight is 314 g/mol. The van der Waals surface area contributed by atoms with E-state index in [1.54, 1.807) is 23.9 Å². The molecule has 4 nitrogen and oxygen atoms in total. The Morgan fingerprint density at radius 1 is 1.35 bits per heavy atom. The Morgan fingerprint density at radius 2 is 2.05 bits per heavy atom. The minimum absolute atomic E-state index is 0.0744. The van der Waals surface area contributed by atoms with Crippen LogP contribution in [0.1, 0.15) is 31.9 Å². The highest BCUT2D eigenvalue weighted by molar-refractivity contribution is 7.99. The van der Waals surface area contributed by atoms with Gasteiger partial charge in [-0.3, -0.25) is 0 Å². The number of hydrogen-bond acceptors (Lipinski definition) is 4. The summed E-state index contributed by atoms with van der Waals surface area (Å²) in [4.78, 5) is 0.349. The first-order valence-electron chi connectivity index (χ1n) is 6.96.